The van der Waals surface area contributed by atoms with E-state index in [1.165, 1.54) is 50.9 Å². The number of nitrogens with zero attached hydrogens (tertiary/aromatic N) is 8. The summed E-state index contributed by atoms with van der Waals surface area (Å²) in [5, 5.41) is 33.3. The topological polar surface area (TPSA) is 407 Å². The molecule has 7 heterocycles. The molecule has 0 radical (unpaired) electrons. The molecule has 30 heteroatoms. The van der Waals surface area contributed by atoms with Gasteiger partial charge >= 0.3 is 18.1 Å². The first kappa shape index (κ1) is 45.6. The van der Waals surface area contributed by atoms with Crippen LogP contribution in [0.15, 0.2) is 46.8 Å². The quantitative estimate of drug-likeness (QED) is 0.0685. The second kappa shape index (κ2) is 18.4. The van der Waals surface area contributed by atoms with Crippen molar-refractivity contribution in [3.8, 4) is 0 Å². The molecule has 320 valence electrons. The normalized spacial score (nSPS) is 29.0. The van der Waals surface area contributed by atoms with E-state index in [2.05, 4.69) is 30.0 Å². The molecule has 0 saturated carbocycles. The maximum atomic E-state index is 12.3. The Labute approximate surface area is 337 Å². The van der Waals surface area contributed by atoms with Crippen LogP contribution in [0.5, 0.6) is 0 Å². The van der Waals surface area contributed by atoms with Crippen molar-refractivity contribution < 1.29 is 52.9 Å². The summed E-state index contributed by atoms with van der Waals surface area (Å²) in [5.41, 5.74) is 10.2. The summed E-state index contributed by atoms with van der Waals surface area (Å²) in [6.07, 6.45) is -2.95. The Balaban J connectivity index is 0.00000320. The van der Waals surface area contributed by atoms with Gasteiger partial charge in [-0.15, -0.1) is 0 Å². The van der Waals surface area contributed by atoms with Crippen molar-refractivity contribution in [2.24, 2.45) is 0 Å². The zero-order valence-corrected chi connectivity index (χ0v) is 34.3. The fourth-order valence-corrected chi connectivity index (χ4v) is 9.61. The molecule has 3 aliphatic rings. The number of quaternary nitrogens is 2. The summed E-state index contributed by atoms with van der Waals surface area (Å²) in [6, 6.07) is 2.82. The number of nitrogen functional groups attached to an aromatic ring is 2. The van der Waals surface area contributed by atoms with Crippen molar-refractivity contribution in [2.75, 3.05) is 36.4 Å². The van der Waals surface area contributed by atoms with E-state index in [-0.39, 0.29) is 66.8 Å². The van der Waals surface area contributed by atoms with Crippen LogP contribution in [0.3, 0.4) is 0 Å². The lowest BCUT2D eigenvalue weighted by Crippen LogP contribution is -2.29. The van der Waals surface area contributed by atoms with Gasteiger partial charge in [0.1, 0.15) is 55.0 Å². The van der Waals surface area contributed by atoms with Gasteiger partial charge in [0.05, 0.1) is 44.5 Å². The van der Waals surface area contributed by atoms with E-state index in [9.17, 15) is 34.7 Å². The Morgan fingerprint density at radius 2 is 1.34 bits per heavy atom. The van der Waals surface area contributed by atoms with Crippen molar-refractivity contribution in [3.05, 3.63) is 58.1 Å². The molecule has 11 atom stereocenters. The zero-order chi connectivity index (χ0) is 39.9. The molecule has 3 aliphatic heterocycles. The number of aromatic nitrogens is 8. The molecule has 58 heavy (non-hydrogen) atoms. The van der Waals surface area contributed by atoms with E-state index in [0.29, 0.717) is 0 Å². The van der Waals surface area contributed by atoms with Crippen LogP contribution >= 0.6 is 13.4 Å². The van der Waals surface area contributed by atoms with Crippen LogP contribution in [0.4, 0.5) is 17.5 Å². The minimum atomic E-state index is -4.00. The predicted molar refractivity (Wildman–Crippen MR) is 211 cm³/mol. The molecule has 0 spiro atoms. The molecular formula is C28H45N13O13P2S2+2. The molecule has 7 rings (SSSR count). The minimum Gasteiger partial charge on any atom is -0.394 e. The highest BCUT2D eigenvalue weighted by Gasteiger charge is 2.43. The van der Waals surface area contributed by atoms with E-state index in [4.69, 9.17) is 62.9 Å². The molecule has 3 saturated heterocycles. The fourth-order valence-electron chi connectivity index (χ4n) is 6.48. The molecule has 2 unspecified atom stereocenters. The van der Waals surface area contributed by atoms with Gasteiger partial charge in [-0.3, -0.25) is 18.8 Å². The van der Waals surface area contributed by atoms with Crippen molar-refractivity contribution in [1.82, 2.24) is 50.9 Å². The number of hydrogen-bond donors (Lipinski definition) is 10. The number of ether oxygens (including phenoxy) is 3. The van der Waals surface area contributed by atoms with E-state index in [1.54, 1.807) is 0 Å². The maximum absolute atomic E-state index is 12.3. The molecule has 3 fully saturated rings. The van der Waals surface area contributed by atoms with Crippen LogP contribution in [0.25, 0.3) is 11.2 Å². The summed E-state index contributed by atoms with van der Waals surface area (Å²) in [7, 11) is 0. The minimum absolute atomic E-state index is 0. The van der Waals surface area contributed by atoms with Gasteiger partial charge in [0.2, 0.25) is 0 Å². The van der Waals surface area contributed by atoms with Crippen molar-refractivity contribution in [3.63, 3.8) is 0 Å². The average molecular weight is 898 g/mol. The molecule has 26 nitrogen and oxygen atoms in total. The highest BCUT2D eigenvalue weighted by atomic mass is 32.5. The van der Waals surface area contributed by atoms with Crippen LogP contribution in [-0.4, -0.2) is 120 Å². The van der Waals surface area contributed by atoms with Crippen LogP contribution in [0, 0.1) is 0 Å². The number of rotatable bonds is 14. The predicted octanol–water partition coefficient (Wildman–Crippen LogP) is -0.903. The summed E-state index contributed by atoms with van der Waals surface area (Å²) < 4.78 is 38.5. The van der Waals surface area contributed by atoms with E-state index >= 15 is 0 Å². The number of nitrogens with one attached hydrogen (secondary N) is 1. The third-order valence-corrected chi connectivity index (χ3v) is 12.3. The first-order valence-electron chi connectivity index (χ1n) is 16.8. The van der Waals surface area contributed by atoms with Crippen molar-refractivity contribution in [2.45, 2.75) is 74.6 Å². The Morgan fingerprint density at radius 3 is 1.90 bits per heavy atom. The number of aliphatic hydroxyl groups is 3. The number of hydrogen-bond acceptors (Lipinski definition) is 20. The van der Waals surface area contributed by atoms with E-state index < -0.39 is 93.3 Å². The second-order valence-electron chi connectivity index (χ2n) is 12.8. The summed E-state index contributed by atoms with van der Waals surface area (Å²) in [5.74, 6) is 0.0691. The van der Waals surface area contributed by atoms with Crippen LogP contribution < -0.4 is 40.2 Å². The summed E-state index contributed by atoms with van der Waals surface area (Å²) >= 11 is 10.6. The fraction of sp³-hybridized carbons (Fsp3) is 0.536. The Bertz CT molecular complexity index is 2290. The number of anilines is 3. The van der Waals surface area contributed by atoms with E-state index in [1.807, 2.05) is 0 Å². The number of fused-ring (bicyclic) bond motifs is 1. The van der Waals surface area contributed by atoms with Gasteiger partial charge in [-0.25, -0.2) is 24.5 Å². The first-order chi connectivity index (χ1) is 26.6. The lowest BCUT2D eigenvalue weighted by molar-refractivity contribution is -0.0519. The molecule has 0 amide bonds. The van der Waals surface area contributed by atoms with Gasteiger partial charge in [-0.1, -0.05) is 0 Å². The first-order valence-corrected chi connectivity index (χ1v) is 22.1. The van der Waals surface area contributed by atoms with Crippen LogP contribution in [-0.2, 0) is 51.4 Å². The SMILES string of the molecule is Nc1ccn([C@H]2C[C@H](OP(O)(=S)Nc3ncnc4c3ncn4[C@H]3C[C@H](O)[C@@H](COP(O)(=S)O[C@H]4C[C@H](n5ccc(N)nc5=O)O[C@@H]4CO)O3)[C@@H](CO)O2)c(=O)n1.[NH4+].[NH4+]. The molecular weight excluding hydrogens is 852 g/mol. The standard InChI is InChI=1S/C28H37N11O13P2S2.2H3N/c29-19-1-3-37(27(43)34-19)22-6-14(16(8-40)48-22)51-53(45,55)36-25-24-26(32-11-31-25)39(12-33-24)21-5-13(42)18(50-21)10-47-54(46,56)52-15-7-23(49-17(15)9-41)38-4-2-20(30)35-28(38)44;;/h1-4,11-18,21-23,40-42H,5-10H2,(H,46,56)(H2,29,34,43)(H2,30,35,44)(H2,31,32,36,45,55);2*1H3/p+2/t13-,14-,15-,16+,17+,18+,21+,22+,23+,53?,54?;;/m0../s1. The van der Waals surface area contributed by atoms with Gasteiger partial charge in [-0.2, -0.15) is 9.97 Å². The summed E-state index contributed by atoms with van der Waals surface area (Å²) in [4.78, 5) is 66.9. The van der Waals surface area contributed by atoms with Gasteiger partial charge < -0.3 is 76.7 Å². The Morgan fingerprint density at radius 1 is 0.810 bits per heavy atom. The van der Waals surface area contributed by atoms with Gasteiger partial charge in [0.15, 0.2) is 17.0 Å². The molecule has 18 N–H and O–H groups in total. The largest absolute Gasteiger partial charge is 0.394 e. The Kier molecular flexibility index (Phi) is 14.5. The van der Waals surface area contributed by atoms with Gasteiger partial charge in [0.25, 0.3) is 6.64 Å². The van der Waals surface area contributed by atoms with Gasteiger partial charge in [-0.05, 0) is 35.7 Å². The lowest BCUT2D eigenvalue weighted by Gasteiger charge is -2.24. The average Bonchev–Trinajstić information content (AvgIpc) is 3.92. The number of nitrogens with two attached hydrogens (primary N) is 2. The van der Waals surface area contributed by atoms with Gasteiger partial charge in [0, 0.05) is 31.7 Å². The monoisotopic (exact) mass is 897 g/mol. The summed E-state index contributed by atoms with van der Waals surface area (Å²) in [6.45, 7) is -9.29. The molecule has 0 bridgehead atoms. The number of aliphatic hydroxyl groups excluding tert-OH is 3. The smallest absolute Gasteiger partial charge is 0.351 e. The maximum Gasteiger partial charge on any atom is 0.351 e. The van der Waals surface area contributed by atoms with Crippen LogP contribution in [0.1, 0.15) is 37.9 Å². The highest BCUT2D eigenvalue weighted by Crippen LogP contribution is 2.50. The molecule has 0 aliphatic carbocycles. The van der Waals surface area contributed by atoms with E-state index in [0.717, 1.165) is 0 Å². The van der Waals surface area contributed by atoms with Crippen LogP contribution in [0.2, 0.25) is 0 Å². The number of imidazole rings is 1. The molecule has 4 aromatic rings. The second-order valence-corrected chi connectivity index (χ2v) is 18.6. The third-order valence-electron chi connectivity index (χ3n) is 9.11. The molecule has 0 aromatic carbocycles. The highest BCUT2D eigenvalue weighted by molar-refractivity contribution is 8.10. The van der Waals surface area contributed by atoms with Crippen molar-refractivity contribution in [1.29, 1.82) is 0 Å². The zero-order valence-electron chi connectivity index (χ0n) is 30.8. The third kappa shape index (κ3) is 9.91. The van der Waals surface area contributed by atoms with Crippen molar-refractivity contribution >= 4 is 65.6 Å². The lowest BCUT2D eigenvalue weighted by atomic mass is 10.2. The Hall–Kier alpha value is -3.51. The molecule has 4 aromatic heterocycles.